The van der Waals surface area contributed by atoms with Gasteiger partial charge in [0, 0.05) is 19.8 Å². The molecule has 2 heterocycles. The topological polar surface area (TPSA) is 32.7 Å². The van der Waals surface area contributed by atoms with E-state index in [2.05, 4.69) is 4.90 Å². The van der Waals surface area contributed by atoms with Crippen molar-refractivity contribution in [2.75, 3.05) is 32.8 Å². The zero-order valence-corrected chi connectivity index (χ0v) is 10.2. The third-order valence-electron chi connectivity index (χ3n) is 3.95. The molecule has 94 valence electrons. The number of aliphatic hydroxyl groups excluding tert-OH is 1. The predicted octanol–water partition coefficient (Wildman–Crippen LogP) is 1.65. The van der Waals surface area contributed by atoms with Crippen LogP contribution >= 0.6 is 0 Å². The minimum atomic E-state index is -0.137. The first-order chi connectivity index (χ1) is 7.86. The van der Waals surface area contributed by atoms with Crippen molar-refractivity contribution in [3.05, 3.63) is 0 Å². The zero-order valence-electron chi connectivity index (χ0n) is 10.2. The van der Waals surface area contributed by atoms with Gasteiger partial charge in [-0.15, -0.1) is 0 Å². The van der Waals surface area contributed by atoms with Crippen molar-refractivity contribution >= 4 is 0 Å². The summed E-state index contributed by atoms with van der Waals surface area (Å²) in [6.45, 7) is 4.91. The molecule has 0 amide bonds. The molecule has 0 saturated carbocycles. The molecule has 1 N–H and O–H groups in total. The summed E-state index contributed by atoms with van der Waals surface area (Å²) in [6, 6.07) is 0. The Morgan fingerprint density at radius 2 is 1.69 bits per heavy atom. The van der Waals surface area contributed by atoms with Gasteiger partial charge in [0.25, 0.3) is 0 Å². The summed E-state index contributed by atoms with van der Waals surface area (Å²) in [6.07, 6.45) is 7.28. The molecule has 0 radical (unpaired) electrons. The number of hydrogen-bond donors (Lipinski definition) is 1. The van der Waals surface area contributed by atoms with Gasteiger partial charge in [-0.25, -0.2) is 0 Å². The standard InChI is InChI=1S/C13H25NO2/c15-13(12-5-9-16-10-6-12)11-14-7-3-1-2-4-8-14/h12-13,15H,1-11H2. The second-order valence-corrected chi connectivity index (χ2v) is 5.23. The van der Waals surface area contributed by atoms with Crippen LogP contribution in [0.2, 0.25) is 0 Å². The van der Waals surface area contributed by atoms with Crippen LogP contribution in [0.1, 0.15) is 38.5 Å². The summed E-state index contributed by atoms with van der Waals surface area (Å²) in [5, 5.41) is 10.2. The maximum Gasteiger partial charge on any atom is 0.0696 e. The lowest BCUT2D eigenvalue weighted by atomic mass is 9.93. The molecule has 2 fully saturated rings. The summed E-state index contributed by atoms with van der Waals surface area (Å²) in [4.78, 5) is 2.45. The van der Waals surface area contributed by atoms with Crippen molar-refractivity contribution in [2.24, 2.45) is 5.92 Å². The third-order valence-corrected chi connectivity index (χ3v) is 3.95. The monoisotopic (exact) mass is 227 g/mol. The Labute approximate surface area is 98.8 Å². The van der Waals surface area contributed by atoms with Crippen molar-refractivity contribution in [2.45, 2.75) is 44.6 Å². The van der Waals surface area contributed by atoms with Gasteiger partial charge in [0.2, 0.25) is 0 Å². The second kappa shape index (κ2) is 6.58. The fraction of sp³-hybridized carbons (Fsp3) is 1.00. The highest BCUT2D eigenvalue weighted by Crippen LogP contribution is 2.20. The molecular weight excluding hydrogens is 202 g/mol. The number of ether oxygens (including phenoxy) is 1. The number of aliphatic hydroxyl groups is 1. The maximum atomic E-state index is 10.2. The van der Waals surface area contributed by atoms with Crippen molar-refractivity contribution in [3.63, 3.8) is 0 Å². The molecule has 2 aliphatic rings. The van der Waals surface area contributed by atoms with Crippen LogP contribution in [0.25, 0.3) is 0 Å². The van der Waals surface area contributed by atoms with Gasteiger partial charge >= 0.3 is 0 Å². The summed E-state index contributed by atoms with van der Waals surface area (Å²) >= 11 is 0. The van der Waals surface area contributed by atoms with E-state index in [0.29, 0.717) is 5.92 Å². The highest BCUT2D eigenvalue weighted by molar-refractivity contribution is 4.76. The van der Waals surface area contributed by atoms with Crippen molar-refractivity contribution in [1.29, 1.82) is 0 Å². The maximum absolute atomic E-state index is 10.2. The molecule has 0 aliphatic carbocycles. The smallest absolute Gasteiger partial charge is 0.0696 e. The van der Waals surface area contributed by atoms with E-state index in [-0.39, 0.29) is 6.10 Å². The molecule has 0 bridgehead atoms. The van der Waals surface area contributed by atoms with Crippen molar-refractivity contribution in [3.8, 4) is 0 Å². The summed E-state index contributed by atoms with van der Waals surface area (Å²) < 4.78 is 5.34. The van der Waals surface area contributed by atoms with Gasteiger partial charge in [-0.2, -0.15) is 0 Å². The van der Waals surface area contributed by atoms with Gasteiger partial charge in [-0.3, -0.25) is 0 Å². The van der Waals surface area contributed by atoms with Crippen LogP contribution in [0.3, 0.4) is 0 Å². The highest BCUT2D eigenvalue weighted by Gasteiger charge is 2.24. The molecule has 1 unspecified atom stereocenters. The fourth-order valence-electron chi connectivity index (χ4n) is 2.83. The number of hydrogen-bond acceptors (Lipinski definition) is 3. The quantitative estimate of drug-likeness (QED) is 0.796. The normalized spacial score (nSPS) is 27.6. The van der Waals surface area contributed by atoms with Crippen LogP contribution in [-0.4, -0.2) is 49.0 Å². The van der Waals surface area contributed by atoms with Gasteiger partial charge in [-0.1, -0.05) is 12.8 Å². The molecule has 0 aromatic rings. The first-order valence-corrected chi connectivity index (χ1v) is 6.84. The van der Waals surface area contributed by atoms with Crippen LogP contribution in [0.5, 0.6) is 0 Å². The van der Waals surface area contributed by atoms with Crippen LogP contribution in [-0.2, 0) is 4.74 Å². The molecule has 3 nitrogen and oxygen atoms in total. The Kier molecular flexibility index (Phi) is 5.07. The van der Waals surface area contributed by atoms with Gasteiger partial charge in [0.1, 0.15) is 0 Å². The Bertz CT molecular complexity index is 184. The lowest BCUT2D eigenvalue weighted by Crippen LogP contribution is -2.39. The Balaban J connectivity index is 1.73. The molecule has 0 spiro atoms. The van der Waals surface area contributed by atoms with E-state index in [1.54, 1.807) is 0 Å². The van der Waals surface area contributed by atoms with E-state index >= 15 is 0 Å². The number of β-amino-alcohol motifs (C(OH)–C–C–N with tert-alkyl or cyclic N) is 1. The second-order valence-electron chi connectivity index (χ2n) is 5.23. The SMILES string of the molecule is OC(CN1CCCCCC1)C1CCOCC1. The van der Waals surface area contributed by atoms with E-state index in [1.165, 1.54) is 38.8 Å². The van der Waals surface area contributed by atoms with Crippen molar-refractivity contribution < 1.29 is 9.84 Å². The molecule has 0 aromatic heterocycles. The molecule has 2 rings (SSSR count). The van der Waals surface area contributed by atoms with Crippen LogP contribution in [0.4, 0.5) is 0 Å². The zero-order chi connectivity index (χ0) is 11.2. The number of likely N-dealkylation sites (tertiary alicyclic amines) is 1. The lowest BCUT2D eigenvalue weighted by Gasteiger charge is -2.30. The molecule has 0 aromatic carbocycles. The summed E-state index contributed by atoms with van der Waals surface area (Å²) in [7, 11) is 0. The molecule has 16 heavy (non-hydrogen) atoms. The number of rotatable bonds is 3. The largest absolute Gasteiger partial charge is 0.392 e. The predicted molar refractivity (Wildman–Crippen MR) is 64.5 cm³/mol. The first-order valence-electron chi connectivity index (χ1n) is 6.84. The third kappa shape index (κ3) is 3.72. The van der Waals surface area contributed by atoms with Crippen molar-refractivity contribution in [1.82, 2.24) is 4.90 Å². The van der Waals surface area contributed by atoms with Gasteiger partial charge < -0.3 is 14.7 Å². The summed E-state index contributed by atoms with van der Waals surface area (Å²) in [5.41, 5.74) is 0. The fourth-order valence-corrected chi connectivity index (χ4v) is 2.83. The van der Waals surface area contributed by atoms with Crippen LogP contribution in [0, 0.1) is 5.92 Å². The van der Waals surface area contributed by atoms with E-state index < -0.39 is 0 Å². The Morgan fingerprint density at radius 3 is 2.31 bits per heavy atom. The van der Waals surface area contributed by atoms with Gasteiger partial charge in [0.05, 0.1) is 6.10 Å². The van der Waals surface area contributed by atoms with Crippen LogP contribution < -0.4 is 0 Å². The average molecular weight is 227 g/mol. The lowest BCUT2D eigenvalue weighted by molar-refractivity contribution is -0.00580. The molecular formula is C13H25NO2. The van der Waals surface area contributed by atoms with Crippen LogP contribution in [0.15, 0.2) is 0 Å². The highest BCUT2D eigenvalue weighted by atomic mass is 16.5. The van der Waals surface area contributed by atoms with Gasteiger partial charge in [-0.05, 0) is 44.7 Å². The molecule has 2 aliphatic heterocycles. The van der Waals surface area contributed by atoms with E-state index in [9.17, 15) is 5.11 Å². The number of nitrogens with zero attached hydrogens (tertiary/aromatic N) is 1. The first kappa shape index (κ1) is 12.3. The molecule has 2 saturated heterocycles. The van der Waals surface area contributed by atoms with E-state index in [0.717, 1.165) is 32.6 Å². The van der Waals surface area contributed by atoms with E-state index in [4.69, 9.17) is 4.74 Å². The summed E-state index contributed by atoms with van der Waals surface area (Å²) in [5.74, 6) is 0.469. The molecule has 1 atom stereocenters. The average Bonchev–Trinajstić information content (AvgIpc) is 2.59. The van der Waals surface area contributed by atoms with Gasteiger partial charge in [0.15, 0.2) is 0 Å². The Morgan fingerprint density at radius 1 is 1.06 bits per heavy atom. The van der Waals surface area contributed by atoms with E-state index in [1.807, 2.05) is 0 Å². The Hall–Kier alpha value is -0.120. The minimum absolute atomic E-state index is 0.137. The minimum Gasteiger partial charge on any atom is -0.392 e. The molecule has 3 heteroatoms.